The maximum atomic E-state index is 13.9. The molecule has 0 fully saturated rings. The van der Waals surface area contributed by atoms with Gasteiger partial charge in [0.25, 0.3) is 0 Å². The van der Waals surface area contributed by atoms with Crippen LogP contribution >= 0.6 is 0 Å². The summed E-state index contributed by atoms with van der Waals surface area (Å²) in [7, 11) is 0. The van der Waals surface area contributed by atoms with E-state index < -0.39 is 59.2 Å². The number of amides is 1. The molecule has 2 nitrogen and oxygen atoms in total. The molecule has 0 atom stereocenters. The van der Waals surface area contributed by atoms with E-state index in [0.717, 1.165) is 31.3 Å². The van der Waals surface area contributed by atoms with E-state index in [2.05, 4.69) is 0 Å². The number of hydrogen-bond acceptors (Lipinski definition) is 1. The van der Waals surface area contributed by atoms with Crippen molar-refractivity contribution in [2.45, 2.75) is 61.5 Å². The molecule has 36 heavy (non-hydrogen) atoms. The summed E-state index contributed by atoms with van der Waals surface area (Å²) in [6, 6.07) is 3.23. The molecule has 0 radical (unpaired) electrons. The largest absolute Gasteiger partial charge is 0.460 e. The van der Waals surface area contributed by atoms with E-state index in [-0.39, 0.29) is 11.1 Å². The van der Waals surface area contributed by atoms with Crippen molar-refractivity contribution in [1.82, 2.24) is 0 Å². The van der Waals surface area contributed by atoms with Crippen molar-refractivity contribution in [3.05, 3.63) is 29.3 Å². The summed E-state index contributed by atoms with van der Waals surface area (Å²) < 4.78 is 225. The minimum absolute atomic E-state index is 0.222. The average molecular weight is 567 g/mol. The number of alkyl halides is 17. The quantitative estimate of drug-likeness (QED) is 0.330. The Balaban J connectivity index is 3.63. The van der Waals surface area contributed by atoms with Gasteiger partial charge in [0.15, 0.2) is 0 Å². The molecule has 1 amide bonds. The van der Waals surface area contributed by atoms with E-state index in [1.165, 1.54) is 6.07 Å². The first-order valence-electron chi connectivity index (χ1n) is 8.66. The SMILES string of the molecule is Cc1cccc(C)c1NC(=O)C(F)(F)C(F)(F)C(F)(F)C(F)(F)C(F)(F)C(F)(F)C(F)(F)C(F)(F)F. The first-order valence-corrected chi connectivity index (χ1v) is 8.66. The number of benzene rings is 1. The third-order valence-corrected chi connectivity index (χ3v) is 4.73. The number of anilines is 1. The van der Waals surface area contributed by atoms with Gasteiger partial charge < -0.3 is 5.32 Å². The van der Waals surface area contributed by atoms with Gasteiger partial charge in [-0.25, -0.2) is 0 Å². The van der Waals surface area contributed by atoms with E-state index in [1.807, 2.05) is 0 Å². The molecular weight excluding hydrogens is 557 g/mol. The van der Waals surface area contributed by atoms with Gasteiger partial charge in [-0.2, -0.15) is 74.6 Å². The number of hydrogen-bond donors (Lipinski definition) is 1. The van der Waals surface area contributed by atoms with Gasteiger partial charge in [-0.15, -0.1) is 0 Å². The smallest absolute Gasteiger partial charge is 0.320 e. The van der Waals surface area contributed by atoms with Crippen LogP contribution in [0.2, 0.25) is 0 Å². The lowest BCUT2D eigenvalue weighted by atomic mass is 9.88. The highest BCUT2D eigenvalue weighted by Crippen LogP contribution is 2.64. The summed E-state index contributed by atoms with van der Waals surface area (Å²) in [4.78, 5) is 11.6. The summed E-state index contributed by atoms with van der Waals surface area (Å²) in [5.41, 5.74) is -1.24. The molecule has 0 bridgehead atoms. The standard InChI is InChI=1S/C17H10F17NO/c1-6-4-3-5-7(2)8(6)35-9(36)10(18,19)11(20,21)12(22,23)13(24,25)14(26,27)15(28,29)16(30,31)17(32,33)34/h3-5H,1-2H3,(H,35,36). The average Bonchev–Trinajstić information content (AvgIpc) is 2.68. The molecule has 208 valence electrons. The lowest BCUT2D eigenvalue weighted by Gasteiger charge is -2.42. The second-order valence-electron chi connectivity index (χ2n) is 7.24. The van der Waals surface area contributed by atoms with Gasteiger partial charge in [0.1, 0.15) is 0 Å². The molecule has 19 heteroatoms. The molecule has 1 N–H and O–H groups in total. The Morgan fingerprint density at radius 3 is 1.19 bits per heavy atom. The lowest BCUT2D eigenvalue weighted by molar-refractivity contribution is -0.459. The van der Waals surface area contributed by atoms with Gasteiger partial charge in [-0.05, 0) is 25.0 Å². The Bertz CT molecular complexity index is 975. The number of halogens is 17. The molecule has 0 aliphatic heterocycles. The Labute approximate surface area is 188 Å². The van der Waals surface area contributed by atoms with E-state index in [4.69, 9.17) is 0 Å². The van der Waals surface area contributed by atoms with Crippen LogP contribution in [0.1, 0.15) is 11.1 Å². The van der Waals surface area contributed by atoms with Crippen LogP contribution in [0.25, 0.3) is 0 Å². The molecule has 0 saturated heterocycles. The second-order valence-corrected chi connectivity index (χ2v) is 7.24. The number of carbonyl (C=O) groups is 1. The molecule has 0 aromatic heterocycles. The Kier molecular flexibility index (Phi) is 7.47. The predicted octanol–water partition coefficient (Wildman–Crippen LogP) is 7.25. The predicted molar refractivity (Wildman–Crippen MR) is 85.2 cm³/mol. The molecule has 0 unspecified atom stereocenters. The van der Waals surface area contributed by atoms with Crippen molar-refractivity contribution >= 4 is 11.6 Å². The maximum absolute atomic E-state index is 13.9. The zero-order chi connectivity index (χ0) is 29.1. The first-order chi connectivity index (χ1) is 15.6. The number of carbonyl (C=O) groups excluding carboxylic acids is 1. The zero-order valence-corrected chi connectivity index (χ0v) is 17.1. The number of rotatable bonds is 8. The normalized spacial score (nSPS) is 15.2. The first kappa shape index (κ1) is 31.5. The molecule has 0 heterocycles. The highest BCUT2D eigenvalue weighted by Gasteiger charge is 2.95. The van der Waals surface area contributed by atoms with Crippen LogP contribution in [0.15, 0.2) is 18.2 Å². The molecule has 1 aromatic rings. The fourth-order valence-electron chi connectivity index (χ4n) is 2.51. The Hall–Kier alpha value is -2.50. The van der Waals surface area contributed by atoms with Gasteiger partial charge in [-0.1, -0.05) is 18.2 Å². The van der Waals surface area contributed by atoms with Crippen LogP contribution in [0.3, 0.4) is 0 Å². The molecule has 1 aromatic carbocycles. The maximum Gasteiger partial charge on any atom is 0.460 e. The van der Waals surface area contributed by atoms with Crippen molar-refractivity contribution in [3.8, 4) is 0 Å². The van der Waals surface area contributed by atoms with Gasteiger partial charge in [-0.3, -0.25) is 4.79 Å². The summed E-state index contributed by atoms with van der Waals surface area (Å²) in [6.45, 7) is 2.04. The van der Waals surface area contributed by atoms with Gasteiger partial charge >= 0.3 is 53.5 Å². The van der Waals surface area contributed by atoms with E-state index in [9.17, 15) is 79.4 Å². The molecule has 0 aliphatic carbocycles. The second kappa shape index (κ2) is 8.53. The summed E-state index contributed by atoms with van der Waals surface area (Å²) >= 11 is 0. The van der Waals surface area contributed by atoms with E-state index >= 15 is 0 Å². The van der Waals surface area contributed by atoms with Crippen LogP contribution in [0, 0.1) is 13.8 Å². The van der Waals surface area contributed by atoms with E-state index in [0.29, 0.717) is 0 Å². The fourth-order valence-corrected chi connectivity index (χ4v) is 2.51. The molecule has 1 rings (SSSR count). The molecule has 0 aliphatic rings. The third kappa shape index (κ3) is 4.10. The minimum atomic E-state index is -8.74. The van der Waals surface area contributed by atoms with Crippen LogP contribution in [-0.4, -0.2) is 53.5 Å². The number of aryl methyl sites for hydroxylation is 2. The Morgan fingerprint density at radius 1 is 0.556 bits per heavy atom. The highest BCUT2D eigenvalue weighted by atomic mass is 19.4. The van der Waals surface area contributed by atoms with Crippen molar-refractivity contribution in [1.29, 1.82) is 0 Å². The van der Waals surface area contributed by atoms with Crippen molar-refractivity contribution in [3.63, 3.8) is 0 Å². The van der Waals surface area contributed by atoms with Crippen molar-refractivity contribution < 1.29 is 79.4 Å². The highest BCUT2D eigenvalue weighted by molar-refractivity contribution is 5.98. The van der Waals surface area contributed by atoms with Crippen LogP contribution in [0.5, 0.6) is 0 Å². The van der Waals surface area contributed by atoms with E-state index in [1.54, 1.807) is 0 Å². The fraction of sp³-hybridized carbons (Fsp3) is 0.588. The van der Waals surface area contributed by atoms with Crippen molar-refractivity contribution in [2.75, 3.05) is 5.32 Å². The number of nitrogens with one attached hydrogen (secondary N) is 1. The van der Waals surface area contributed by atoms with Crippen molar-refractivity contribution in [2.24, 2.45) is 0 Å². The van der Waals surface area contributed by atoms with Crippen LogP contribution in [-0.2, 0) is 4.79 Å². The van der Waals surface area contributed by atoms with Gasteiger partial charge in [0.05, 0.1) is 0 Å². The molecule has 0 spiro atoms. The van der Waals surface area contributed by atoms with Gasteiger partial charge in [0.2, 0.25) is 0 Å². The minimum Gasteiger partial charge on any atom is -0.320 e. The van der Waals surface area contributed by atoms with Crippen LogP contribution < -0.4 is 5.32 Å². The summed E-state index contributed by atoms with van der Waals surface area (Å²) in [5, 5.41) is 0.910. The van der Waals surface area contributed by atoms with Crippen LogP contribution in [0.4, 0.5) is 80.3 Å². The zero-order valence-electron chi connectivity index (χ0n) is 17.1. The topological polar surface area (TPSA) is 29.1 Å². The number of para-hydroxylation sites is 1. The molecule has 0 saturated carbocycles. The summed E-state index contributed by atoms with van der Waals surface area (Å²) in [5.74, 6) is -61.6. The lowest BCUT2D eigenvalue weighted by Crippen LogP contribution is -2.75. The molecular formula is C17H10F17NO. The third-order valence-electron chi connectivity index (χ3n) is 4.73. The monoisotopic (exact) mass is 567 g/mol. The van der Waals surface area contributed by atoms with Gasteiger partial charge in [0, 0.05) is 5.69 Å². The Morgan fingerprint density at radius 2 is 0.861 bits per heavy atom. The summed E-state index contributed by atoms with van der Waals surface area (Å²) in [6.07, 6.45) is -7.83.